The minimum absolute atomic E-state index is 0.263. The summed E-state index contributed by atoms with van der Waals surface area (Å²) in [5.41, 5.74) is 0. The van der Waals surface area contributed by atoms with E-state index in [2.05, 4.69) is 42.2 Å². The molecule has 4 heteroatoms. The van der Waals surface area contributed by atoms with Crippen LogP contribution in [0.25, 0.3) is 0 Å². The number of piperidine rings is 1. The van der Waals surface area contributed by atoms with Crippen LogP contribution in [-0.4, -0.2) is 48.5 Å². The van der Waals surface area contributed by atoms with E-state index in [1.807, 2.05) is 18.8 Å². The first kappa shape index (κ1) is 14.7. The summed E-state index contributed by atoms with van der Waals surface area (Å²) >= 11 is 1.89. The van der Waals surface area contributed by atoms with Crippen molar-refractivity contribution in [3.63, 3.8) is 0 Å². The Balaban J connectivity index is 2.44. The highest BCUT2D eigenvalue weighted by Crippen LogP contribution is 2.20. The van der Waals surface area contributed by atoms with E-state index in [0.717, 1.165) is 31.5 Å². The maximum atomic E-state index is 4.40. The van der Waals surface area contributed by atoms with Crippen molar-refractivity contribution in [1.82, 2.24) is 10.2 Å². The Bertz CT molecular complexity index is 255. The smallest absolute Gasteiger partial charge is 0.193 e. The first-order valence-corrected chi connectivity index (χ1v) is 7.71. The van der Waals surface area contributed by atoms with Crippen molar-refractivity contribution in [3.05, 3.63) is 0 Å². The summed E-state index contributed by atoms with van der Waals surface area (Å²) in [7, 11) is 1.88. The van der Waals surface area contributed by atoms with Gasteiger partial charge in [0.05, 0.1) is 0 Å². The van der Waals surface area contributed by atoms with Crippen LogP contribution in [0.4, 0.5) is 0 Å². The van der Waals surface area contributed by atoms with Crippen LogP contribution in [0.2, 0.25) is 0 Å². The van der Waals surface area contributed by atoms with Crippen LogP contribution in [0.3, 0.4) is 0 Å². The quantitative estimate of drug-likeness (QED) is 0.621. The maximum Gasteiger partial charge on any atom is 0.193 e. The van der Waals surface area contributed by atoms with E-state index in [0.29, 0.717) is 0 Å². The van der Waals surface area contributed by atoms with E-state index in [1.54, 1.807) is 0 Å². The molecular formula is C13H27N3S. The third-order valence-electron chi connectivity index (χ3n) is 3.52. The monoisotopic (exact) mass is 257 g/mol. The molecule has 1 aliphatic rings. The Labute approximate surface area is 110 Å². The van der Waals surface area contributed by atoms with Gasteiger partial charge in [0.25, 0.3) is 0 Å². The fraction of sp³-hybridized carbons (Fsp3) is 0.923. The van der Waals surface area contributed by atoms with E-state index in [4.69, 9.17) is 0 Å². The summed E-state index contributed by atoms with van der Waals surface area (Å²) < 4.78 is 0.263. The lowest BCUT2D eigenvalue weighted by Gasteiger charge is -2.34. The molecule has 0 atom stereocenters. The van der Waals surface area contributed by atoms with E-state index in [9.17, 15) is 0 Å². The van der Waals surface area contributed by atoms with Crippen LogP contribution in [0.5, 0.6) is 0 Å². The van der Waals surface area contributed by atoms with Crippen LogP contribution in [0.15, 0.2) is 4.99 Å². The summed E-state index contributed by atoms with van der Waals surface area (Å²) in [6.45, 7) is 10.1. The molecule has 0 aromatic rings. The Hall–Kier alpha value is -0.380. The number of likely N-dealkylation sites (tertiary alicyclic amines) is 1. The van der Waals surface area contributed by atoms with E-state index >= 15 is 0 Å². The Morgan fingerprint density at radius 2 is 2.00 bits per heavy atom. The van der Waals surface area contributed by atoms with E-state index in [1.165, 1.54) is 12.8 Å². The summed E-state index contributed by atoms with van der Waals surface area (Å²) in [5.74, 6) is 1.94. The molecule has 1 N–H and O–H groups in total. The van der Waals surface area contributed by atoms with Crippen molar-refractivity contribution in [2.24, 2.45) is 10.9 Å². The normalized spacial score (nSPS) is 19.6. The molecule has 0 spiro atoms. The third-order valence-corrected chi connectivity index (χ3v) is 4.77. The van der Waals surface area contributed by atoms with Crippen molar-refractivity contribution >= 4 is 17.7 Å². The lowest BCUT2D eigenvalue weighted by atomic mass is 9.99. The summed E-state index contributed by atoms with van der Waals surface area (Å²) in [5, 5.41) is 3.50. The maximum absolute atomic E-state index is 4.40. The zero-order valence-electron chi connectivity index (χ0n) is 11.9. The minimum atomic E-state index is 0.263. The molecular weight excluding hydrogens is 230 g/mol. The highest BCUT2D eigenvalue weighted by atomic mass is 32.2. The van der Waals surface area contributed by atoms with Gasteiger partial charge in [-0.15, -0.1) is 0 Å². The lowest BCUT2D eigenvalue weighted by Crippen LogP contribution is -2.48. The van der Waals surface area contributed by atoms with Crippen molar-refractivity contribution < 1.29 is 0 Å². The van der Waals surface area contributed by atoms with Gasteiger partial charge in [0, 0.05) is 31.4 Å². The van der Waals surface area contributed by atoms with Gasteiger partial charge in [-0.2, -0.15) is 11.8 Å². The van der Waals surface area contributed by atoms with Crippen molar-refractivity contribution in [2.45, 2.75) is 38.4 Å². The molecule has 0 aromatic heterocycles. The summed E-state index contributed by atoms with van der Waals surface area (Å²) in [6, 6.07) is 0. The third kappa shape index (κ3) is 4.78. The number of nitrogens with zero attached hydrogens (tertiary/aromatic N) is 2. The van der Waals surface area contributed by atoms with Gasteiger partial charge in [-0.05, 0) is 38.9 Å². The summed E-state index contributed by atoms with van der Waals surface area (Å²) in [4.78, 5) is 6.78. The zero-order valence-corrected chi connectivity index (χ0v) is 12.7. The van der Waals surface area contributed by atoms with Gasteiger partial charge in [-0.3, -0.25) is 4.99 Å². The number of rotatable bonds is 3. The SMILES string of the molecule is CN=C(NCC(C)(C)SC)N1CCC(C)CC1. The first-order chi connectivity index (χ1) is 7.98. The fourth-order valence-electron chi connectivity index (χ4n) is 1.92. The molecule has 1 saturated heterocycles. The van der Waals surface area contributed by atoms with Gasteiger partial charge in [-0.1, -0.05) is 6.92 Å². The van der Waals surface area contributed by atoms with Crippen LogP contribution in [0, 0.1) is 5.92 Å². The predicted octanol–water partition coefficient (Wildman–Crippen LogP) is 2.44. The second-order valence-electron chi connectivity index (χ2n) is 5.53. The number of hydrogen-bond acceptors (Lipinski definition) is 2. The van der Waals surface area contributed by atoms with Crippen molar-refractivity contribution in [2.75, 3.05) is 32.9 Å². The topological polar surface area (TPSA) is 27.6 Å². The number of hydrogen-bond donors (Lipinski definition) is 1. The van der Waals surface area contributed by atoms with Gasteiger partial charge >= 0.3 is 0 Å². The molecule has 0 radical (unpaired) electrons. The highest BCUT2D eigenvalue weighted by molar-refractivity contribution is 7.99. The minimum Gasteiger partial charge on any atom is -0.355 e. The van der Waals surface area contributed by atoms with Crippen LogP contribution >= 0.6 is 11.8 Å². The zero-order chi connectivity index (χ0) is 12.9. The van der Waals surface area contributed by atoms with E-state index in [-0.39, 0.29) is 4.75 Å². The molecule has 1 fully saturated rings. The van der Waals surface area contributed by atoms with Gasteiger partial charge in [0.1, 0.15) is 0 Å². The molecule has 0 aliphatic carbocycles. The molecule has 0 amide bonds. The summed E-state index contributed by atoms with van der Waals surface area (Å²) in [6.07, 6.45) is 4.73. The Morgan fingerprint density at radius 3 is 2.47 bits per heavy atom. The number of aliphatic imine (C=N–C) groups is 1. The molecule has 3 nitrogen and oxygen atoms in total. The van der Waals surface area contributed by atoms with Gasteiger partial charge in [-0.25, -0.2) is 0 Å². The van der Waals surface area contributed by atoms with E-state index < -0.39 is 0 Å². The molecule has 1 aliphatic heterocycles. The Morgan fingerprint density at radius 1 is 1.41 bits per heavy atom. The fourth-order valence-corrected chi connectivity index (χ4v) is 2.13. The van der Waals surface area contributed by atoms with Gasteiger partial charge in [0.2, 0.25) is 0 Å². The second-order valence-corrected chi connectivity index (χ2v) is 7.05. The van der Waals surface area contributed by atoms with Crippen LogP contribution in [-0.2, 0) is 0 Å². The molecule has 1 heterocycles. The van der Waals surface area contributed by atoms with Gasteiger partial charge in [0.15, 0.2) is 5.96 Å². The van der Waals surface area contributed by atoms with Crippen LogP contribution < -0.4 is 5.32 Å². The number of thioether (sulfide) groups is 1. The molecule has 0 unspecified atom stereocenters. The molecule has 0 bridgehead atoms. The number of guanidine groups is 1. The first-order valence-electron chi connectivity index (χ1n) is 6.49. The van der Waals surface area contributed by atoms with Crippen molar-refractivity contribution in [1.29, 1.82) is 0 Å². The second kappa shape index (κ2) is 6.53. The highest BCUT2D eigenvalue weighted by Gasteiger charge is 2.21. The molecule has 0 aromatic carbocycles. The predicted molar refractivity (Wildman–Crippen MR) is 78.9 cm³/mol. The molecule has 0 saturated carbocycles. The van der Waals surface area contributed by atoms with Crippen LogP contribution in [0.1, 0.15) is 33.6 Å². The standard InChI is InChI=1S/C13H27N3S/c1-11-6-8-16(9-7-11)12(14-4)15-10-13(2,3)17-5/h11H,6-10H2,1-5H3,(H,14,15). The van der Waals surface area contributed by atoms with Crippen molar-refractivity contribution in [3.8, 4) is 0 Å². The van der Waals surface area contributed by atoms with Gasteiger partial charge < -0.3 is 10.2 Å². The number of nitrogens with one attached hydrogen (secondary N) is 1. The molecule has 100 valence electrons. The largest absolute Gasteiger partial charge is 0.355 e. The molecule has 17 heavy (non-hydrogen) atoms. The average Bonchev–Trinajstić information content (AvgIpc) is 2.32. The Kier molecular flexibility index (Phi) is 5.63. The molecule has 1 rings (SSSR count). The lowest BCUT2D eigenvalue weighted by molar-refractivity contribution is 0.273. The average molecular weight is 257 g/mol.